The van der Waals surface area contributed by atoms with Crippen LogP contribution in [0.25, 0.3) is 0 Å². The van der Waals surface area contributed by atoms with Crippen LogP contribution in [0.2, 0.25) is 0 Å². The van der Waals surface area contributed by atoms with E-state index < -0.39 is 0 Å². The summed E-state index contributed by atoms with van der Waals surface area (Å²) in [6.07, 6.45) is 7.97. The lowest BCUT2D eigenvalue weighted by atomic mass is 10.4. The van der Waals surface area contributed by atoms with E-state index in [4.69, 9.17) is 4.74 Å². The summed E-state index contributed by atoms with van der Waals surface area (Å²) in [6.45, 7) is 14.9. The van der Waals surface area contributed by atoms with Gasteiger partial charge in [0.05, 0.1) is 5.76 Å². The quantitative estimate of drug-likeness (QED) is 0.354. The van der Waals surface area contributed by atoms with Crippen molar-refractivity contribution in [2.75, 3.05) is 6.61 Å². The van der Waals surface area contributed by atoms with Gasteiger partial charge in [-0.1, -0.05) is 44.9 Å². The summed E-state index contributed by atoms with van der Waals surface area (Å²) in [5.74, 6) is 1.04. The zero-order valence-corrected chi connectivity index (χ0v) is 8.75. The molecule has 13 heavy (non-hydrogen) atoms. The van der Waals surface area contributed by atoms with E-state index in [-0.39, 0.29) is 0 Å². The topological polar surface area (TPSA) is 9.23 Å². The van der Waals surface area contributed by atoms with Crippen molar-refractivity contribution < 1.29 is 4.74 Å². The minimum Gasteiger partial charge on any atom is -0.494 e. The molecule has 0 saturated heterocycles. The third-order valence-electron chi connectivity index (χ3n) is 1.22. The molecule has 0 atom stereocenters. The Balaban J connectivity index is 0. The average molecular weight is 180 g/mol. The summed E-state index contributed by atoms with van der Waals surface area (Å²) in [4.78, 5) is 0. The van der Waals surface area contributed by atoms with Gasteiger partial charge in [-0.15, -0.1) is 0 Å². The van der Waals surface area contributed by atoms with Crippen LogP contribution in [0.5, 0.6) is 0 Å². The van der Waals surface area contributed by atoms with Gasteiger partial charge >= 0.3 is 0 Å². The molecule has 1 nitrogen and oxygen atoms in total. The number of allylic oxidation sites excluding steroid dienone is 4. The first-order valence-corrected chi connectivity index (χ1v) is 4.39. The third kappa shape index (κ3) is 13.7. The van der Waals surface area contributed by atoms with Gasteiger partial charge in [-0.3, -0.25) is 0 Å². The van der Waals surface area contributed by atoms with Gasteiger partial charge in [0.2, 0.25) is 0 Å². The predicted octanol–water partition coefficient (Wildman–Crippen LogP) is 3.86. The molecular weight excluding hydrogens is 160 g/mol. The molecule has 0 aromatic rings. The van der Waals surface area contributed by atoms with Crippen molar-refractivity contribution in [3.8, 4) is 0 Å². The van der Waals surface area contributed by atoms with Crippen molar-refractivity contribution in [3.05, 3.63) is 49.8 Å². The monoisotopic (exact) mass is 180 g/mol. The maximum atomic E-state index is 5.23. The number of rotatable bonds is 5. The van der Waals surface area contributed by atoms with Crippen LogP contribution >= 0.6 is 0 Å². The lowest BCUT2D eigenvalue weighted by molar-refractivity contribution is 0.238. The van der Waals surface area contributed by atoms with Crippen LogP contribution < -0.4 is 0 Å². The highest BCUT2D eigenvalue weighted by molar-refractivity contribution is 4.89. The van der Waals surface area contributed by atoms with Crippen molar-refractivity contribution in [3.63, 3.8) is 0 Å². The SMILES string of the molecule is C=CC=C.C=CCO/C(=C/C)CC. The van der Waals surface area contributed by atoms with E-state index in [1.807, 2.05) is 13.0 Å². The normalized spacial score (nSPS) is 9.23. The average Bonchev–Trinajstić information content (AvgIpc) is 2.20. The van der Waals surface area contributed by atoms with Crippen molar-refractivity contribution in [1.29, 1.82) is 0 Å². The summed E-state index contributed by atoms with van der Waals surface area (Å²) in [5.41, 5.74) is 0. The molecule has 1 heteroatoms. The molecule has 0 aromatic carbocycles. The van der Waals surface area contributed by atoms with Crippen LogP contribution in [-0.2, 0) is 4.74 Å². The highest BCUT2D eigenvalue weighted by Crippen LogP contribution is 2.00. The van der Waals surface area contributed by atoms with Gasteiger partial charge in [0, 0.05) is 6.42 Å². The van der Waals surface area contributed by atoms with Crippen LogP contribution in [0, 0.1) is 0 Å². The maximum absolute atomic E-state index is 5.23. The first-order valence-electron chi connectivity index (χ1n) is 4.39. The Morgan fingerprint density at radius 1 is 1.23 bits per heavy atom. The Hall–Kier alpha value is -1.24. The van der Waals surface area contributed by atoms with Crippen LogP contribution in [0.4, 0.5) is 0 Å². The van der Waals surface area contributed by atoms with Gasteiger partial charge in [-0.2, -0.15) is 0 Å². The van der Waals surface area contributed by atoms with Gasteiger partial charge in [0.15, 0.2) is 0 Å². The molecule has 0 aromatic heterocycles. The second-order valence-electron chi connectivity index (χ2n) is 2.18. The number of ether oxygens (including phenoxy) is 1. The van der Waals surface area contributed by atoms with Crippen molar-refractivity contribution >= 4 is 0 Å². The van der Waals surface area contributed by atoms with E-state index in [9.17, 15) is 0 Å². The lowest BCUT2D eigenvalue weighted by Crippen LogP contribution is -1.89. The van der Waals surface area contributed by atoms with Crippen molar-refractivity contribution in [2.24, 2.45) is 0 Å². The number of hydrogen-bond acceptors (Lipinski definition) is 1. The first-order chi connectivity index (χ1) is 6.26. The van der Waals surface area contributed by atoms with Gasteiger partial charge in [-0.25, -0.2) is 0 Å². The molecule has 0 amide bonds. The summed E-state index contributed by atoms with van der Waals surface area (Å²) < 4.78 is 5.23. The minimum atomic E-state index is 0.619. The summed E-state index contributed by atoms with van der Waals surface area (Å²) in [7, 11) is 0. The fourth-order valence-corrected chi connectivity index (χ4v) is 0.555. The molecule has 0 heterocycles. The fourth-order valence-electron chi connectivity index (χ4n) is 0.555. The predicted molar refractivity (Wildman–Crippen MR) is 60.6 cm³/mol. The van der Waals surface area contributed by atoms with Crippen molar-refractivity contribution in [1.82, 2.24) is 0 Å². The highest BCUT2D eigenvalue weighted by atomic mass is 16.5. The largest absolute Gasteiger partial charge is 0.494 e. The zero-order chi connectivity index (χ0) is 10.5. The molecule has 0 saturated carbocycles. The van der Waals surface area contributed by atoms with E-state index in [2.05, 4.69) is 26.7 Å². The lowest BCUT2D eigenvalue weighted by Gasteiger charge is -2.03. The highest BCUT2D eigenvalue weighted by Gasteiger charge is 1.87. The summed E-state index contributed by atoms with van der Waals surface area (Å²) in [6, 6.07) is 0. The number of hydrogen-bond donors (Lipinski definition) is 0. The summed E-state index contributed by atoms with van der Waals surface area (Å²) in [5, 5.41) is 0. The Bertz CT molecular complexity index is 160. The Morgan fingerprint density at radius 3 is 2.00 bits per heavy atom. The molecule has 0 radical (unpaired) electrons. The molecule has 0 aliphatic rings. The Morgan fingerprint density at radius 2 is 1.77 bits per heavy atom. The molecule has 0 rings (SSSR count). The molecule has 0 bridgehead atoms. The van der Waals surface area contributed by atoms with E-state index in [1.54, 1.807) is 18.2 Å². The van der Waals surface area contributed by atoms with Crippen LogP contribution in [0.15, 0.2) is 49.8 Å². The molecular formula is C12H20O. The molecule has 0 aliphatic carbocycles. The molecule has 0 unspecified atom stereocenters. The third-order valence-corrected chi connectivity index (χ3v) is 1.22. The van der Waals surface area contributed by atoms with Crippen LogP contribution in [-0.4, -0.2) is 6.61 Å². The second kappa shape index (κ2) is 13.4. The van der Waals surface area contributed by atoms with Gasteiger partial charge in [-0.05, 0) is 13.0 Å². The standard InChI is InChI=1S/C8H14O.C4H6/c1-4-7-9-8(5-2)6-3;1-3-4-2/h4-5H,1,6-7H2,2-3H3;3-4H,1-2H2/b8-5+;. The maximum Gasteiger partial charge on any atom is 0.106 e. The minimum absolute atomic E-state index is 0.619. The first kappa shape index (κ1) is 14.3. The second-order valence-corrected chi connectivity index (χ2v) is 2.18. The van der Waals surface area contributed by atoms with Gasteiger partial charge < -0.3 is 4.74 Å². The van der Waals surface area contributed by atoms with E-state index in [0.29, 0.717) is 6.61 Å². The van der Waals surface area contributed by atoms with E-state index in [0.717, 1.165) is 12.2 Å². The molecule has 0 aliphatic heterocycles. The Labute approximate surface area is 82.1 Å². The molecule has 74 valence electrons. The van der Waals surface area contributed by atoms with E-state index >= 15 is 0 Å². The van der Waals surface area contributed by atoms with E-state index in [1.165, 1.54) is 0 Å². The zero-order valence-electron chi connectivity index (χ0n) is 8.75. The van der Waals surface area contributed by atoms with Crippen molar-refractivity contribution in [2.45, 2.75) is 20.3 Å². The Kier molecular flexibility index (Phi) is 14.7. The molecule has 0 spiro atoms. The van der Waals surface area contributed by atoms with Gasteiger partial charge in [0.25, 0.3) is 0 Å². The fraction of sp³-hybridized carbons (Fsp3) is 0.333. The smallest absolute Gasteiger partial charge is 0.106 e. The van der Waals surface area contributed by atoms with Gasteiger partial charge in [0.1, 0.15) is 6.61 Å². The molecule has 0 N–H and O–H groups in total. The summed E-state index contributed by atoms with van der Waals surface area (Å²) >= 11 is 0. The van der Waals surface area contributed by atoms with Crippen LogP contribution in [0.1, 0.15) is 20.3 Å². The van der Waals surface area contributed by atoms with Crippen LogP contribution in [0.3, 0.4) is 0 Å². The molecule has 0 fully saturated rings.